The van der Waals surface area contributed by atoms with Gasteiger partial charge in [-0.05, 0) is 24.6 Å². The highest BCUT2D eigenvalue weighted by Crippen LogP contribution is 2.26. The molecule has 1 aromatic rings. The Bertz CT molecular complexity index is 572. The molecule has 1 aliphatic heterocycles. The Hall–Kier alpha value is -2.41. The summed E-state index contributed by atoms with van der Waals surface area (Å²) in [5.74, 6) is -0.623. The van der Waals surface area contributed by atoms with E-state index >= 15 is 0 Å². The Balaban J connectivity index is 2.24. The Kier molecular flexibility index (Phi) is 3.71. The number of urea groups is 1. The maximum atomic E-state index is 11.8. The second-order valence-electron chi connectivity index (χ2n) is 4.70. The van der Waals surface area contributed by atoms with Gasteiger partial charge in [0.05, 0.1) is 0 Å². The number of hydrogen-bond acceptors (Lipinski definition) is 4. The monoisotopic (exact) mass is 276 g/mol. The maximum Gasteiger partial charge on any atom is 0.322 e. The number of nitrogens with two attached hydrogens (primary N) is 1. The summed E-state index contributed by atoms with van der Waals surface area (Å²) in [6.07, 6.45) is 0.221. The van der Waals surface area contributed by atoms with Crippen molar-refractivity contribution in [2.24, 2.45) is 5.73 Å². The van der Waals surface area contributed by atoms with E-state index in [0.717, 1.165) is 0 Å². The van der Waals surface area contributed by atoms with E-state index in [0.29, 0.717) is 11.3 Å². The van der Waals surface area contributed by atoms with Gasteiger partial charge in [-0.15, -0.1) is 0 Å². The number of nitrogens with one attached hydrogen (secondary N) is 3. The number of amides is 4. The van der Waals surface area contributed by atoms with Crippen LogP contribution < -0.4 is 21.7 Å². The number of carbonyl (C=O) groups is 3. The number of rotatable bonds is 4. The molecular formula is C13H16N4O3. The zero-order valence-electron chi connectivity index (χ0n) is 11.0. The minimum absolute atomic E-state index is 0.199. The van der Waals surface area contributed by atoms with Crippen molar-refractivity contribution in [2.45, 2.75) is 18.9 Å². The molecule has 0 spiro atoms. The number of imide groups is 1. The van der Waals surface area contributed by atoms with Gasteiger partial charge in [0.1, 0.15) is 5.54 Å². The van der Waals surface area contributed by atoms with E-state index in [-0.39, 0.29) is 18.9 Å². The zero-order chi connectivity index (χ0) is 14.8. The third-order valence-electron chi connectivity index (χ3n) is 3.14. The van der Waals surface area contributed by atoms with Gasteiger partial charge in [0.2, 0.25) is 5.91 Å². The topological polar surface area (TPSA) is 113 Å². The molecule has 1 fully saturated rings. The fourth-order valence-corrected chi connectivity index (χ4v) is 2.01. The lowest BCUT2D eigenvalue weighted by Gasteiger charge is -2.21. The second kappa shape index (κ2) is 5.30. The summed E-state index contributed by atoms with van der Waals surface area (Å²) in [6, 6.07) is 6.24. The predicted octanol–water partition coefficient (Wildman–Crippen LogP) is 0.0285. The van der Waals surface area contributed by atoms with Crippen molar-refractivity contribution in [1.82, 2.24) is 10.6 Å². The molecule has 1 atom stereocenters. The van der Waals surface area contributed by atoms with Crippen LogP contribution >= 0.6 is 0 Å². The van der Waals surface area contributed by atoms with E-state index in [1.807, 2.05) is 0 Å². The standard InChI is InChI=1S/C13H16N4O3/c1-13(11(19)16-12(20)17-13)8-3-2-4-9(7-8)15-10(18)5-6-14/h2-4,7H,5-6,14H2,1H3,(H,15,18)(H2,16,17,19,20). The zero-order valence-corrected chi connectivity index (χ0v) is 11.0. The van der Waals surface area contributed by atoms with Gasteiger partial charge in [0.15, 0.2) is 0 Å². The molecule has 1 aliphatic rings. The quantitative estimate of drug-likeness (QED) is 0.581. The summed E-state index contributed by atoms with van der Waals surface area (Å²) in [6.45, 7) is 1.87. The lowest BCUT2D eigenvalue weighted by Crippen LogP contribution is -2.40. The second-order valence-corrected chi connectivity index (χ2v) is 4.70. The number of anilines is 1. The van der Waals surface area contributed by atoms with Crippen LogP contribution in [-0.4, -0.2) is 24.4 Å². The molecule has 7 nitrogen and oxygen atoms in total. The van der Waals surface area contributed by atoms with Crippen LogP contribution in [-0.2, 0) is 15.1 Å². The van der Waals surface area contributed by atoms with E-state index in [1.165, 1.54) is 0 Å². The molecule has 4 amide bonds. The van der Waals surface area contributed by atoms with Crippen LogP contribution in [0.25, 0.3) is 0 Å². The van der Waals surface area contributed by atoms with Gasteiger partial charge in [0, 0.05) is 18.7 Å². The predicted molar refractivity (Wildman–Crippen MR) is 72.8 cm³/mol. The van der Waals surface area contributed by atoms with Crippen molar-refractivity contribution >= 4 is 23.5 Å². The summed E-state index contributed by atoms with van der Waals surface area (Å²) in [7, 11) is 0. The molecule has 2 rings (SSSR count). The van der Waals surface area contributed by atoms with E-state index < -0.39 is 17.5 Å². The summed E-state index contributed by atoms with van der Waals surface area (Å²) >= 11 is 0. The molecule has 5 N–H and O–H groups in total. The molecular weight excluding hydrogens is 260 g/mol. The third-order valence-corrected chi connectivity index (χ3v) is 3.14. The summed E-state index contributed by atoms with van der Waals surface area (Å²) in [5, 5.41) is 7.45. The molecule has 0 radical (unpaired) electrons. The third kappa shape index (κ3) is 2.62. The molecule has 20 heavy (non-hydrogen) atoms. The van der Waals surface area contributed by atoms with E-state index in [9.17, 15) is 14.4 Å². The van der Waals surface area contributed by atoms with Crippen LogP contribution in [0.1, 0.15) is 18.9 Å². The van der Waals surface area contributed by atoms with Gasteiger partial charge in [-0.3, -0.25) is 14.9 Å². The first-order chi connectivity index (χ1) is 9.45. The Morgan fingerprint density at radius 3 is 2.75 bits per heavy atom. The van der Waals surface area contributed by atoms with Crippen LogP contribution in [0.5, 0.6) is 0 Å². The number of carbonyl (C=O) groups excluding carboxylic acids is 3. The fraction of sp³-hybridized carbons (Fsp3) is 0.308. The normalized spacial score (nSPS) is 21.3. The van der Waals surface area contributed by atoms with Crippen molar-refractivity contribution in [1.29, 1.82) is 0 Å². The van der Waals surface area contributed by atoms with E-state index in [1.54, 1.807) is 31.2 Å². The SMILES string of the molecule is CC1(c2cccc(NC(=O)CCN)c2)NC(=O)NC1=O. The summed E-state index contributed by atoms with van der Waals surface area (Å²) in [5.41, 5.74) is 5.31. The smallest absolute Gasteiger partial charge is 0.322 e. The molecule has 0 saturated carbocycles. The van der Waals surface area contributed by atoms with Gasteiger partial charge in [-0.25, -0.2) is 4.79 Å². The van der Waals surface area contributed by atoms with Gasteiger partial charge < -0.3 is 16.4 Å². The molecule has 1 heterocycles. The molecule has 1 saturated heterocycles. The van der Waals surface area contributed by atoms with Gasteiger partial charge in [-0.2, -0.15) is 0 Å². The molecule has 7 heteroatoms. The molecule has 0 aliphatic carbocycles. The van der Waals surface area contributed by atoms with Crippen LogP contribution in [0.4, 0.5) is 10.5 Å². The van der Waals surface area contributed by atoms with E-state index in [2.05, 4.69) is 16.0 Å². The first kappa shape index (κ1) is 14.0. The lowest BCUT2D eigenvalue weighted by molar-refractivity contribution is -0.123. The highest BCUT2D eigenvalue weighted by molar-refractivity contribution is 6.07. The van der Waals surface area contributed by atoms with Gasteiger partial charge in [0.25, 0.3) is 5.91 Å². The molecule has 0 aromatic heterocycles. The van der Waals surface area contributed by atoms with Crippen molar-refractivity contribution in [2.75, 3.05) is 11.9 Å². The van der Waals surface area contributed by atoms with Crippen LogP contribution in [0.15, 0.2) is 24.3 Å². The summed E-state index contributed by atoms with van der Waals surface area (Å²) in [4.78, 5) is 34.6. The van der Waals surface area contributed by atoms with Crippen molar-refractivity contribution in [3.8, 4) is 0 Å². The van der Waals surface area contributed by atoms with Crippen molar-refractivity contribution in [3.63, 3.8) is 0 Å². The highest BCUT2D eigenvalue weighted by Gasteiger charge is 2.43. The van der Waals surface area contributed by atoms with Gasteiger partial charge in [-0.1, -0.05) is 12.1 Å². The molecule has 106 valence electrons. The Morgan fingerprint density at radius 2 is 2.15 bits per heavy atom. The molecule has 1 unspecified atom stereocenters. The summed E-state index contributed by atoms with van der Waals surface area (Å²) < 4.78 is 0. The largest absolute Gasteiger partial charge is 0.330 e. The van der Waals surface area contributed by atoms with Crippen molar-refractivity contribution < 1.29 is 14.4 Å². The van der Waals surface area contributed by atoms with Crippen LogP contribution in [0, 0.1) is 0 Å². The fourth-order valence-electron chi connectivity index (χ4n) is 2.01. The highest BCUT2D eigenvalue weighted by atomic mass is 16.2. The first-order valence-electron chi connectivity index (χ1n) is 6.20. The Morgan fingerprint density at radius 1 is 1.40 bits per heavy atom. The average molecular weight is 276 g/mol. The lowest BCUT2D eigenvalue weighted by atomic mass is 9.92. The minimum atomic E-state index is -1.13. The number of hydrogen-bond donors (Lipinski definition) is 4. The average Bonchev–Trinajstić information content (AvgIpc) is 2.64. The van der Waals surface area contributed by atoms with Crippen LogP contribution in [0.3, 0.4) is 0 Å². The molecule has 1 aromatic carbocycles. The first-order valence-corrected chi connectivity index (χ1v) is 6.20. The minimum Gasteiger partial charge on any atom is -0.330 e. The van der Waals surface area contributed by atoms with Gasteiger partial charge >= 0.3 is 6.03 Å². The van der Waals surface area contributed by atoms with Crippen LogP contribution in [0.2, 0.25) is 0 Å². The maximum absolute atomic E-state index is 11.8. The Labute approximate surface area is 115 Å². The number of benzene rings is 1. The molecule has 0 bridgehead atoms. The van der Waals surface area contributed by atoms with Crippen molar-refractivity contribution in [3.05, 3.63) is 29.8 Å². The van der Waals surface area contributed by atoms with E-state index in [4.69, 9.17) is 5.73 Å².